The summed E-state index contributed by atoms with van der Waals surface area (Å²) in [6.45, 7) is 3.43. The van der Waals surface area contributed by atoms with E-state index < -0.39 is 0 Å². The third-order valence-electron chi connectivity index (χ3n) is 5.27. The Kier molecular flexibility index (Phi) is 3.74. The highest BCUT2D eigenvalue weighted by atomic mass is 15.2. The lowest BCUT2D eigenvalue weighted by atomic mass is 9.75. The van der Waals surface area contributed by atoms with Gasteiger partial charge in [0.2, 0.25) is 0 Å². The number of rotatable bonds is 5. The van der Waals surface area contributed by atoms with Crippen LogP contribution in [0.4, 0.5) is 5.69 Å². The summed E-state index contributed by atoms with van der Waals surface area (Å²) in [5, 5.41) is 3.53. The first-order valence-electron chi connectivity index (χ1n) is 7.79. The lowest BCUT2D eigenvalue weighted by Crippen LogP contribution is -2.57. The van der Waals surface area contributed by atoms with Crippen LogP contribution in [-0.4, -0.2) is 56.1 Å². The zero-order valence-corrected chi connectivity index (χ0v) is 13.0. The highest BCUT2D eigenvalue weighted by Crippen LogP contribution is 2.37. The van der Waals surface area contributed by atoms with Crippen molar-refractivity contribution in [3.8, 4) is 0 Å². The zero-order chi connectivity index (χ0) is 14.2. The molecular weight excluding hydrogens is 246 g/mol. The van der Waals surface area contributed by atoms with Gasteiger partial charge in [-0.3, -0.25) is 0 Å². The lowest BCUT2D eigenvalue weighted by Gasteiger charge is -2.49. The first kappa shape index (κ1) is 13.9. The van der Waals surface area contributed by atoms with Crippen LogP contribution >= 0.6 is 0 Å². The van der Waals surface area contributed by atoms with Gasteiger partial charge >= 0.3 is 0 Å². The van der Waals surface area contributed by atoms with Gasteiger partial charge in [0.05, 0.1) is 0 Å². The minimum atomic E-state index is 0.431. The summed E-state index contributed by atoms with van der Waals surface area (Å²) >= 11 is 0. The lowest BCUT2D eigenvalue weighted by molar-refractivity contribution is 0.0268. The van der Waals surface area contributed by atoms with E-state index in [1.54, 1.807) is 0 Å². The molecule has 0 aromatic heterocycles. The highest BCUT2D eigenvalue weighted by Gasteiger charge is 2.40. The molecule has 0 spiro atoms. The fourth-order valence-corrected chi connectivity index (χ4v) is 3.79. The van der Waals surface area contributed by atoms with Gasteiger partial charge in [0.1, 0.15) is 0 Å². The van der Waals surface area contributed by atoms with Gasteiger partial charge in [0.15, 0.2) is 0 Å². The fourth-order valence-electron chi connectivity index (χ4n) is 3.79. The van der Waals surface area contributed by atoms with E-state index >= 15 is 0 Å². The van der Waals surface area contributed by atoms with Crippen molar-refractivity contribution in [2.45, 2.75) is 30.7 Å². The van der Waals surface area contributed by atoms with Crippen molar-refractivity contribution in [1.29, 1.82) is 0 Å². The molecule has 0 saturated heterocycles. The average molecular weight is 273 g/mol. The molecule has 2 aliphatic rings. The Hall–Kier alpha value is -1.06. The minimum Gasteiger partial charge on any atom is -0.384 e. The third kappa shape index (κ3) is 2.45. The monoisotopic (exact) mass is 273 g/mol. The summed E-state index contributed by atoms with van der Waals surface area (Å²) in [5.74, 6) is 0.635. The van der Waals surface area contributed by atoms with E-state index in [2.05, 4.69) is 60.5 Å². The predicted octanol–water partition coefficient (Wildman–Crippen LogP) is 2.61. The van der Waals surface area contributed by atoms with E-state index in [1.165, 1.54) is 37.1 Å². The second kappa shape index (κ2) is 5.38. The van der Waals surface area contributed by atoms with Crippen LogP contribution in [0.2, 0.25) is 0 Å². The van der Waals surface area contributed by atoms with Gasteiger partial charge in [-0.2, -0.15) is 0 Å². The molecule has 1 atom stereocenters. The molecule has 1 aliphatic heterocycles. The standard InChI is InChI=1S/C17H27N3/c1-19(2)17(9-6-10-17)13-20(3)12-14-11-18-16-8-5-4-7-15(14)16/h4-5,7-8,14,18H,6,9-13H2,1-3H3. The Bertz CT molecular complexity index is 465. The first-order valence-corrected chi connectivity index (χ1v) is 7.79. The molecule has 1 aromatic carbocycles. The highest BCUT2D eigenvalue weighted by molar-refractivity contribution is 5.57. The molecule has 1 aromatic rings. The molecule has 0 radical (unpaired) electrons. The summed E-state index contributed by atoms with van der Waals surface area (Å²) < 4.78 is 0. The largest absolute Gasteiger partial charge is 0.384 e. The van der Waals surface area contributed by atoms with Crippen LogP contribution in [0.1, 0.15) is 30.7 Å². The van der Waals surface area contributed by atoms with E-state index in [4.69, 9.17) is 0 Å². The normalized spacial score (nSPS) is 23.6. The average Bonchev–Trinajstić information content (AvgIpc) is 2.77. The molecule has 1 N–H and O–H groups in total. The fraction of sp³-hybridized carbons (Fsp3) is 0.647. The molecule has 20 heavy (non-hydrogen) atoms. The molecule has 1 unspecified atom stereocenters. The van der Waals surface area contributed by atoms with Crippen LogP contribution in [0.15, 0.2) is 24.3 Å². The van der Waals surface area contributed by atoms with Gasteiger partial charge < -0.3 is 15.1 Å². The topological polar surface area (TPSA) is 18.5 Å². The van der Waals surface area contributed by atoms with Crippen molar-refractivity contribution in [2.75, 3.05) is 46.1 Å². The molecule has 3 rings (SSSR count). The van der Waals surface area contributed by atoms with Crippen molar-refractivity contribution in [3.05, 3.63) is 29.8 Å². The SMILES string of the molecule is CN(CC1CNc2ccccc21)CC1(N(C)C)CCC1. The Morgan fingerprint density at radius 1 is 1.20 bits per heavy atom. The van der Waals surface area contributed by atoms with Crippen molar-refractivity contribution in [2.24, 2.45) is 0 Å². The van der Waals surface area contributed by atoms with Crippen LogP contribution in [0.25, 0.3) is 0 Å². The molecule has 0 amide bonds. The molecule has 3 nitrogen and oxygen atoms in total. The van der Waals surface area contributed by atoms with Gasteiger partial charge in [-0.1, -0.05) is 18.2 Å². The number of nitrogens with zero attached hydrogens (tertiary/aromatic N) is 2. The number of nitrogens with one attached hydrogen (secondary N) is 1. The maximum Gasteiger partial charge on any atom is 0.0376 e. The smallest absolute Gasteiger partial charge is 0.0376 e. The maximum atomic E-state index is 3.53. The van der Waals surface area contributed by atoms with Crippen LogP contribution in [-0.2, 0) is 0 Å². The summed E-state index contributed by atoms with van der Waals surface area (Å²) in [6, 6.07) is 8.75. The zero-order valence-electron chi connectivity index (χ0n) is 13.0. The third-order valence-corrected chi connectivity index (χ3v) is 5.27. The number of fused-ring (bicyclic) bond motifs is 1. The Balaban J connectivity index is 1.61. The molecule has 110 valence electrons. The van der Waals surface area contributed by atoms with Crippen molar-refractivity contribution in [1.82, 2.24) is 9.80 Å². The van der Waals surface area contributed by atoms with E-state index in [9.17, 15) is 0 Å². The van der Waals surface area contributed by atoms with Crippen LogP contribution in [0.5, 0.6) is 0 Å². The first-order chi connectivity index (χ1) is 9.61. The number of benzene rings is 1. The maximum absolute atomic E-state index is 3.53. The van der Waals surface area contributed by atoms with Crippen LogP contribution < -0.4 is 5.32 Å². The van der Waals surface area contributed by atoms with Gasteiger partial charge in [-0.05, 0) is 52.0 Å². The van der Waals surface area contributed by atoms with Gasteiger partial charge in [0.25, 0.3) is 0 Å². The molecule has 0 bridgehead atoms. The Labute approximate surface area is 123 Å². The van der Waals surface area contributed by atoms with Crippen molar-refractivity contribution >= 4 is 5.69 Å². The van der Waals surface area contributed by atoms with E-state index in [-0.39, 0.29) is 0 Å². The molecular formula is C17H27N3. The molecule has 1 aliphatic carbocycles. The van der Waals surface area contributed by atoms with Gasteiger partial charge in [0, 0.05) is 36.8 Å². The van der Waals surface area contributed by atoms with Crippen LogP contribution in [0.3, 0.4) is 0 Å². The van der Waals surface area contributed by atoms with Gasteiger partial charge in [-0.15, -0.1) is 0 Å². The Morgan fingerprint density at radius 2 is 1.95 bits per heavy atom. The second-order valence-corrected chi connectivity index (χ2v) is 6.83. The van der Waals surface area contributed by atoms with Crippen LogP contribution in [0, 0.1) is 0 Å². The van der Waals surface area contributed by atoms with Gasteiger partial charge in [-0.25, -0.2) is 0 Å². The van der Waals surface area contributed by atoms with E-state index in [0.717, 1.165) is 13.1 Å². The number of hydrogen-bond acceptors (Lipinski definition) is 3. The number of para-hydroxylation sites is 1. The molecule has 3 heteroatoms. The number of anilines is 1. The molecule has 1 heterocycles. The molecule has 1 saturated carbocycles. The summed E-state index contributed by atoms with van der Waals surface area (Å²) in [7, 11) is 6.75. The van der Waals surface area contributed by atoms with E-state index in [0.29, 0.717) is 11.5 Å². The van der Waals surface area contributed by atoms with Crippen molar-refractivity contribution in [3.63, 3.8) is 0 Å². The summed E-state index contributed by atoms with van der Waals surface area (Å²) in [5.41, 5.74) is 3.25. The minimum absolute atomic E-state index is 0.431. The summed E-state index contributed by atoms with van der Waals surface area (Å²) in [6.07, 6.45) is 4.09. The quantitative estimate of drug-likeness (QED) is 0.889. The van der Waals surface area contributed by atoms with Crippen molar-refractivity contribution < 1.29 is 0 Å². The second-order valence-electron chi connectivity index (χ2n) is 6.83. The number of hydrogen-bond donors (Lipinski definition) is 1. The molecule has 1 fully saturated rings. The van der Waals surface area contributed by atoms with E-state index in [1.807, 2.05) is 0 Å². The Morgan fingerprint density at radius 3 is 2.60 bits per heavy atom. The summed E-state index contributed by atoms with van der Waals surface area (Å²) in [4.78, 5) is 4.97. The predicted molar refractivity (Wildman–Crippen MR) is 85.4 cm³/mol. The number of likely N-dealkylation sites (N-methyl/N-ethyl adjacent to an activating group) is 2.